The van der Waals surface area contributed by atoms with Crippen molar-refractivity contribution >= 4 is 5.97 Å². The smallest absolute Gasteiger partial charge is 0.311 e. The third-order valence-electron chi connectivity index (χ3n) is 1.49. The second-order valence-corrected chi connectivity index (χ2v) is 2.63. The van der Waals surface area contributed by atoms with E-state index in [9.17, 15) is 4.79 Å². The first kappa shape index (κ1) is 9.64. The minimum atomic E-state index is -0.249. The molecule has 1 heterocycles. The Labute approximate surface area is 77.0 Å². The molecule has 0 unspecified atom stereocenters. The van der Waals surface area contributed by atoms with Gasteiger partial charge in [-0.1, -0.05) is 0 Å². The Morgan fingerprint density at radius 2 is 2.31 bits per heavy atom. The van der Waals surface area contributed by atoms with Crippen LogP contribution in [0.25, 0.3) is 0 Å². The zero-order valence-electron chi connectivity index (χ0n) is 7.78. The number of aromatic nitrogens is 2. The van der Waals surface area contributed by atoms with Crippen molar-refractivity contribution in [2.75, 3.05) is 6.61 Å². The molecule has 0 aromatic carbocycles. The molecule has 0 saturated heterocycles. The van der Waals surface area contributed by atoms with Crippen molar-refractivity contribution in [1.29, 1.82) is 0 Å². The van der Waals surface area contributed by atoms with Crippen LogP contribution in [0.15, 0.2) is 12.4 Å². The van der Waals surface area contributed by atoms with Crippen LogP contribution in [0.2, 0.25) is 0 Å². The van der Waals surface area contributed by atoms with E-state index in [1.54, 1.807) is 13.0 Å². The van der Waals surface area contributed by atoms with Gasteiger partial charge in [0.2, 0.25) is 0 Å². The second-order valence-electron chi connectivity index (χ2n) is 2.63. The molecule has 1 aromatic heterocycles. The molecule has 0 saturated carbocycles. The van der Waals surface area contributed by atoms with E-state index in [1.165, 1.54) is 6.33 Å². The normalized spacial score (nSPS) is 9.69. The predicted octanol–water partition coefficient (Wildman–Crippen LogP) is 0.891. The van der Waals surface area contributed by atoms with Gasteiger partial charge in [0.15, 0.2) is 0 Å². The van der Waals surface area contributed by atoms with Gasteiger partial charge < -0.3 is 4.74 Å². The van der Waals surface area contributed by atoms with Crippen LogP contribution >= 0.6 is 0 Å². The maximum absolute atomic E-state index is 11.0. The van der Waals surface area contributed by atoms with Gasteiger partial charge >= 0.3 is 5.97 Å². The highest BCUT2D eigenvalue weighted by Crippen LogP contribution is 1.98. The molecule has 0 spiro atoms. The minimum absolute atomic E-state index is 0.219. The lowest BCUT2D eigenvalue weighted by Crippen LogP contribution is -2.09. The van der Waals surface area contributed by atoms with Gasteiger partial charge in [-0.3, -0.25) is 4.79 Å². The number of hydrogen-bond donors (Lipinski definition) is 0. The zero-order valence-corrected chi connectivity index (χ0v) is 7.78. The largest absolute Gasteiger partial charge is 0.466 e. The van der Waals surface area contributed by atoms with E-state index in [4.69, 9.17) is 4.74 Å². The maximum Gasteiger partial charge on any atom is 0.311 e. The van der Waals surface area contributed by atoms with E-state index < -0.39 is 0 Å². The molecule has 4 nitrogen and oxygen atoms in total. The number of esters is 1. The van der Waals surface area contributed by atoms with E-state index in [-0.39, 0.29) is 12.4 Å². The molecule has 0 amide bonds. The summed E-state index contributed by atoms with van der Waals surface area (Å²) in [6, 6.07) is 1.77. The third-order valence-corrected chi connectivity index (χ3v) is 1.49. The van der Waals surface area contributed by atoms with Gasteiger partial charge in [0.05, 0.1) is 18.7 Å². The van der Waals surface area contributed by atoms with E-state index in [0.29, 0.717) is 12.3 Å². The number of rotatable bonds is 3. The molecular weight excluding hydrogens is 168 g/mol. The summed E-state index contributed by atoms with van der Waals surface area (Å²) in [5.74, 6) is -0.249. The fourth-order valence-electron chi connectivity index (χ4n) is 0.966. The average Bonchev–Trinajstić information content (AvgIpc) is 2.04. The maximum atomic E-state index is 11.0. The van der Waals surface area contributed by atoms with E-state index >= 15 is 0 Å². The van der Waals surface area contributed by atoms with E-state index in [2.05, 4.69) is 9.97 Å². The van der Waals surface area contributed by atoms with E-state index in [0.717, 1.165) is 5.69 Å². The summed E-state index contributed by atoms with van der Waals surface area (Å²) < 4.78 is 4.79. The van der Waals surface area contributed by atoms with Gasteiger partial charge in [0.1, 0.15) is 6.33 Å². The van der Waals surface area contributed by atoms with Crippen molar-refractivity contribution in [3.05, 3.63) is 23.8 Å². The molecule has 70 valence electrons. The van der Waals surface area contributed by atoms with E-state index in [1.807, 2.05) is 6.92 Å². The van der Waals surface area contributed by atoms with Crippen LogP contribution in [0.4, 0.5) is 0 Å². The molecule has 0 fully saturated rings. The molecule has 4 heteroatoms. The first-order chi connectivity index (χ1) is 6.22. The van der Waals surface area contributed by atoms with Crippen LogP contribution in [0.5, 0.6) is 0 Å². The number of ether oxygens (including phenoxy) is 1. The monoisotopic (exact) mass is 180 g/mol. The molecule has 1 rings (SSSR count). The summed E-state index contributed by atoms with van der Waals surface area (Å²) in [5.41, 5.74) is 1.56. The van der Waals surface area contributed by atoms with Crippen molar-refractivity contribution in [3.63, 3.8) is 0 Å². The van der Waals surface area contributed by atoms with Gasteiger partial charge in [0.25, 0.3) is 0 Å². The van der Waals surface area contributed by atoms with Gasteiger partial charge in [-0.2, -0.15) is 0 Å². The SMILES string of the molecule is CCOC(=O)Cc1cc(C)ncn1. The van der Waals surface area contributed by atoms with Crippen LogP contribution < -0.4 is 0 Å². The Morgan fingerprint density at radius 1 is 1.54 bits per heavy atom. The van der Waals surface area contributed by atoms with Gasteiger partial charge in [-0.25, -0.2) is 9.97 Å². The molecule has 0 atom stereocenters. The third kappa shape index (κ3) is 3.19. The highest BCUT2D eigenvalue weighted by atomic mass is 16.5. The molecular formula is C9H12N2O2. The molecule has 0 bridgehead atoms. The first-order valence-corrected chi connectivity index (χ1v) is 4.15. The summed E-state index contributed by atoms with van der Waals surface area (Å²) in [6.07, 6.45) is 1.67. The number of nitrogens with zero attached hydrogens (tertiary/aromatic N) is 2. The highest BCUT2D eigenvalue weighted by Gasteiger charge is 2.04. The Kier molecular flexibility index (Phi) is 3.37. The molecule has 0 N–H and O–H groups in total. The van der Waals surface area contributed by atoms with Crippen molar-refractivity contribution in [2.24, 2.45) is 0 Å². The number of carbonyl (C=O) groups excluding carboxylic acids is 1. The lowest BCUT2D eigenvalue weighted by molar-refractivity contribution is -0.142. The summed E-state index contributed by atoms with van der Waals surface area (Å²) >= 11 is 0. The van der Waals surface area contributed by atoms with Crippen molar-refractivity contribution in [3.8, 4) is 0 Å². The minimum Gasteiger partial charge on any atom is -0.466 e. The molecule has 1 aromatic rings. The van der Waals surface area contributed by atoms with Gasteiger partial charge in [-0.15, -0.1) is 0 Å². The number of hydrogen-bond acceptors (Lipinski definition) is 4. The topological polar surface area (TPSA) is 52.1 Å². The van der Waals surface area contributed by atoms with Crippen molar-refractivity contribution in [1.82, 2.24) is 9.97 Å². The van der Waals surface area contributed by atoms with Gasteiger partial charge in [-0.05, 0) is 19.9 Å². The Bertz CT molecular complexity index is 299. The predicted molar refractivity (Wildman–Crippen MR) is 47.1 cm³/mol. The Morgan fingerprint density at radius 3 is 2.92 bits per heavy atom. The first-order valence-electron chi connectivity index (χ1n) is 4.15. The number of aryl methyl sites for hydroxylation is 1. The fourth-order valence-corrected chi connectivity index (χ4v) is 0.966. The number of carbonyl (C=O) groups is 1. The highest BCUT2D eigenvalue weighted by molar-refractivity contribution is 5.71. The molecule has 13 heavy (non-hydrogen) atoms. The average molecular weight is 180 g/mol. The summed E-state index contributed by atoms with van der Waals surface area (Å²) in [6.45, 7) is 4.04. The standard InChI is InChI=1S/C9H12N2O2/c1-3-13-9(12)5-8-4-7(2)10-6-11-8/h4,6H,3,5H2,1-2H3. The molecule has 0 aliphatic rings. The van der Waals surface area contributed by atoms with Crippen LogP contribution in [0.3, 0.4) is 0 Å². The summed E-state index contributed by atoms with van der Waals surface area (Å²) in [4.78, 5) is 18.9. The van der Waals surface area contributed by atoms with Crippen LogP contribution in [0.1, 0.15) is 18.3 Å². The summed E-state index contributed by atoms with van der Waals surface area (Å²) in [5, 5.41) is 0. The van der Waals surface area contributed by atoms with Crippen molar-refractivity contribution in [2.45, 2.75) is 20.3 Å². The van der Waals surface area contributed by atoms with Crippen LogP contribution in [0, 0.1) is 6.92 Å². The van der Waals surface area contributed by atoms with Gasteiger partial charge in [0, 0.05) is 5.69 Å². The second kappa shape index (κ2) is 4.54. The summed E-state index contributed by atoms with van der Waals surface area (Å²) in [7, 11) is 0. The van der Waals surface area contributed by atoms with Crippen LogP contribution in [-0.2, 0) is 16.0 Å². The lowest BCUT2D eigenvalue weighted by Gasteiger charge is -2.00. The Balaban J connectivity index is 2.58. The van der Waals surface area contributed by atoms with Crippen molar-refractivity contribution < 1.29 is 9.53 Å². The molecule has 0 aliphatic heterocycles. The quantitative estimate of drug-likeness (QED) is 0.648. The fraction of sp³-hybridized carbons (Fsp3) is 0.444. The Hall–Kier alpha value is -1.45. The lowest BCUT2D eigenvalue weighted by atomic mass is 10.2. The zero-order chi connectivity index (χ0) is 9.68. The van der Waals surface area contributed by atoms with Crippen LogP contribution in [-0.4, -0.2) is 22.5 Å². The molecule has 0 radical (unpaired) electrons. The molecule has 0 aliphatic carbocycles.